The van der Waals surface area contributed by atoms with Crippen LogP contribution < -0.4 is 5.32 Å². The van der Waals surface area contributed by atoms with Crippen LogP contribution in [0, 0.1) is 0 Å². The number of rotatable bonds is 7. The van der Waals surface area contributed by atoms with Crippen LogP contribution in [0.5, 0.6) is 0 Å². The van der Waals surface area contributed by atoms with E-state index in [-0.39, 0.29) is 17.8 Å². The van der Waals surface area contributed by atoms with Gasteiger partial charge in [0.25, 0.3) is 0 Å². The summed E-state index contributed by atoms with van der Waals surface area (Å²) in [5, 5.41) is 3.77. The van der Waals surface area contributed by atoms with Gasteiger partial charge in [-0.15, -0.1) is 0 Å². The third kappa shape index (κ3) is 4.48. The van der Waals surface area contributed by atoms with E-state index in [4.69, 9.17) is 4.74 Å². The van der Waals surface area contributed by atoms with E-state index in [1.54, 1.807) is 0 Å². The molecule has 5 rings (SSSR count). The van der Waals surface area contributed by atoms with Crippen LogP contribution in [0.1, 0.15) is 12.8 Å². The van der Waals surface area contributed by atoms with Gasteiger partial charge in [-0.3, -0.25) is 4.79 Å². The van der Waals surface area contributed by atoms with Crippen LogP contribution in [-0.2, 0) is 16.1 Å². The monoisotopic (exact) mass is 451 g/mol. The highest BCUT2D eigenvalue weighted by Gasteiger charge is 2.21. The summed E-state index contributed by atoms with van der Waals surface area (Å²) in [6, 6.07) is 15.8. The molecule has 2 aromatic carbocycles. The van der Waals surface area contributed by atoms with Crippen molar-refractivity contribution in [2.24, 2.45) is 0 Å². The number of imidazole rings is 1. The van der Waals surface area contributed by atoms with Crippen LogP contribution in [0.3, 0.4) is 0 Å². The van der Waals surface area contributed by atoms with Crippen LogP contribution in [0.4, 0.5) is 5.69 Å². The summed E-state index contributed by atoms with van der Waals surface area (Å²) in [5.74, 6) is 0.156. The Bertz CT molecular complexity index is 1190. The molecule has 4 aromatic rings. The summed E-state index contributed by atoms with van der Waals surface area (Å²) in [6.45, 7) is 1.54. The number of nitrogens with zero attached hydrogens (tertiary/aromatic N) is 4. The minimum absolute atomic E-state index is 0.0987. The number of hydrogen-bond acceptors (Lipinski definition) is 7. The van der Waals surface area contributed by atoms with Crippen LogP contribution in [0.2, 0.25) is 0 Å². The summed E-state index contributed by atoms with van der Waals surface area (Å²) in [4.78, 5) is 17.3. The van der Waals surface area contributed by atoms with Gasteiger partial charge in [-0.2, -0.15) is 8.75 Å². The summed E-state index contributed by atoms with van der Waals surface area (Å²) in [6.07, 6.45) is 4.19. The number of amides is 1. The largest absolute Gasteiger partial charge is 0.376 e. The predicted molar refractivity (Wildman–Crippen MR) is 123 cm³/mol. The van der Waals surface area contributed by atoms with Crippen molar-refractivity contribution in [1.82, 2.24) is 18.3 Å². The average Bonchev–Trinajstić information content (AvgIpc) is 3.55. The number of anilines is 1. The first-order valence-electron chi connectivity index (χ1n) is 10.1. The van der Waals surface area contributed by atoms with Gasteiger partial charge in [-0.25, -0.2) is 4.98 Å². The van der Waals surface area contributed by atoms with Gasteiger partial charge >= 0.3 is 0 Å². The topological polar surface area (TPSA) is 81.9 Å². The second-order valence-corrected chi connectivity index (χ2v) is 8.78. The standard InChI is InChI=1S/C22H21N5O2S2/c28-20(24-17-9-4-10-18-21(17)26-31-25-18)14-30-22-23-12-19(15-6-2-1-3-7-15)27(22)13-16-8-5-11-29-16/h1-4,6-7,9-10,12,16H,5,8,11,13-14H2,(H,24,28). The molecule has 1 unspecified atom stereocenters. The molecule has 31 heavy (non-hydrogen) atoms. The van der Waals surface area contributed by atoms with E-state index in [2.05, 4.69) is 35.7 Å². The average molecular weight is 452 g/mol. The lowest BCUT2D eigenvalue weighted by Crippen LogP contribution is -2.18. The van der Waals surface area contributed by atoms with E-state index < -0.39 is 0 Å². The van der Waals surface area contributed by atoms with Gasteiger partial charge in [0, 0.05) is 6.61 Å². The van der Waals surface area contributed by atoms with Gasteiger partial charge in [0.1, 0.15) is 11.0 Å². The van der Waals surface area contributed by atoms with E-state index >= 15 is 0 Å². The first kappa shape index (κ1) is 20.2. The molecule has 1 aliphatic rings. The van der Waals surface area contributed by atoms with Crippen molar-refractivity contribution < 1.29 is 9.53 Å². The highest BCUT2D eigenvalue weighted by atomic mass is 32.2. The lowest BCUT2D eigenvalue weighted by molar-refractivity contribution is -0.113. The SMILES string of the molecule is O=C(CSc1ncc(-c2ccccc2)n1CC1CCCO1)Nc1cccc2nsnc12. The molecule has 1 saturated heterocycles. The van der Waals surface area contributed by atoms with Gasteiger partial charge in [0.2, 0.25) is 5.91 Å². The van der Waals surface area contributed by atoms with E-state index in [0.717, 1.165) is 65.2 Å². The van der Waals surface area contributed by atoms with E-state index in [0.29, 0.717) is 5.69 Å². The fourth-order valence-corrected chi connectivity index (χ4v) is 5.04. The maximum absolute atomic E-state index is 12.6. The van der Waals surface area contributed by atoms with Crippen LogP contribution in [0.15, 0.2) is 59.9 Å². The number of fused-ring (bicyclic) bond motifs is 1. The minimum Gasteiger partial charge on any atom is -0.376 e. The molecule has 3 heterocycles. The van der Waals surface area contributed by atoms with Crippen molar-refractivity contribution in [3.05, 3.63) is 54.7 Å². The third-order valence-corrected chi connectivity index (χ3v) is 6.72. The number of carbonyl (C=O) groups is 1. The van der Waals surface area contributed by atoms with Crippen molar-refractivity contribution >= 4 is 46.1 Å². The molecule has 9 heteroatoms. The maximum atomic E-state index is 12.6. The Balaban J connectivity index is 1.33. The van der Waals surface area contributed by atoms with Crippen molar-refractivity contribution in [3.63, 3.8) is 0 Å². The Morgan fingerprint density at radius 1 is 1.19 bits per heavy atom. The van der Waals surface area contributed by atoms with Gasteiger partial charge in [0.15, 0.2) is 5.16 Å². The number of aromatic nitrogens is 4. The molecule has 7 nitrogen and oxygen atoms in total. The second-order valence-electron chi connectivity index (χ2n) is 7.31. The summed E-state index contributed by atoms with van der Waals surface area (Å²) in [7, 11) is 0. The first-order valence-corrected chi connectivity index (χ1v) is 11.9. The lowest BCUT2D eigenvalue weighted by Gasteiger charge is -2.16. The van der Waals surface area contributed by atoms with Crippen molar-refractivity contribution in [2.45, 2.75) is 30.6 Å². The predicted octanol–water partition coefficient (Wildman–Crippen LogP) is 4.46. The smallest absolute Gasteiger partial charge is 0.234 e. The first-order chi connectivity index (χ1) is 15.3. The van der Waals surface area contributed by atoms with E-state index in [1.807, 2.05) is 42.6 Å². The highest BCUT2D eigenvalue weighted by Crippen LogP contribution is 2.29. The zero-order valence-corrected chi connectivity index (χ0v) is 18.4. The lowest BCUT2D eigenvalue weighted by atomic mass is 10.1. The van der Waals surface area contributed by atoms with Gasteiger partial charge in [-0.05, 0) is 30.5 Å². The van der Waals surface area contributed by atoms with Crippen LogP contribution >= 0.6 is 23.5 Å². The third-order valence-electron chi connectivity index (χ3n) is 5.19. The van der Waals surface area contributed by atoms with E-state index in [9.17, 15) is 4.79 Å². The molecule has 0 radical (unpaired) electrons. The minimum atomic E-state index is -0.0987. The Morgan fingerprint density at radius 3 is 2.94 bits per heavy atom. The van der Waals surface area contributed by atoms with Crippen LogP contribution in [-0.4, -0.2) is 42.7 Å². The molecule has 1 N–H and O–H groups in total. The Hall–Kier alpha value is -2.75. The summed E-state index contributed by atoms with van der Waals surface area (Å²) in [5.41, 5.74) is 4.33. The summed E-state index contributed by atoms with van der Waals surface area (Å²) < 4.78 is 16.5. The number of hydrogen-bond donors (Lipinski definition) is 1. The van der Waals surface area contributed by atoms with Gasteiger partial charge in [-0.1, -0.05) is 48.2 Å². The molecule has 0 aliphatic carbocycles. The Morgan fingerprint density at radius 2 is 2.10 bits per heavy atom. The molecular formula is C22H21N5O2S2. The number of ether oxygens (including phenoxy) is 1. The zero-order valence-electron chi connectivity index (χ0n) is 16.7. The molecule has 1 fully saturated rings. The fourth-order valence-electron chi connectivity index (χ4n) is 3.71. The Labute approximate surface area is 188 Å². The highest BCUT2D eigenvalue weighted by molar-refractivity contribution is 7.99. The number of carbonyl (C=O) groups excluding carboxylic acids is 1. The quantitative estimate of drug-likeness (QED) is 0.418. The molecule has 0 spiro atoms. The van der Waals surface area contributed by atoms with Crippen molar-refractivity contribution in [3.8, 4) is 11.3 Å². The van der Waals surface area contributed by atoms with Crippen molar-refractivity contribution in [1.29, 1.82) is 0 Å². The molecule has 1 aliphatic heterocycles. The van der Waals surface area contributed by atoms with Crippen molar-refractivity contribution in [2.75, 3.05) is 17.7 Å². The molecule has 2 aromatic heterocycles. The fraction of sp³-hybridized carbons (Fsp3) is 0.273. The zero-order chi connectivity index (χ0) is 21.0. The number of benzene rings is 2. The second kappa shape index (κ2) is 9.17. The Kier molecular flexibility index (Phi) is 5.97. The maximum Gasteiger partial charge on any atom is 0.234 e. The molecular weight excluding hydrogens is 430 g/mol. The van der Waals surface area contributed by atoms with Gasteiger partial charge < -0.3 is 14.6 Å². The molecule has 158 valence electrons. The number of nitrogens with one attached hydrogen (secondary N) is 1. The van der Waals surface area contributed by atoms with Crippen LogP contribution in [0.25, 0.3) is 22.3 Å². The molecule has 1 amide bonds. The van der Waals surface area contributed by atoms with Gasteiger partial charge in [0.05, 0.1) is 47.7 Å². The molecule has 1 atom stereocenters. The van der Waals surface area contributed by atoms with E-state index in [1.165, 1.54) is 11.8 Å². The summed E-state index contributed by atoms with van der Waals surface area (Å²) >= 11 is 2.57. The molecule has 0 bridgehead atoms. The number of thioether (sulfide) groups is 1. The molecule has 0 saturated carbocycles. The normalized spacial score (nSPS) is 16.1.